The molecule has 0 heterocycles. The summed E-state index contributed by atoms with van der Waals surface area (Å²) in [6, 6.07) is 6.58. The van der Waals surface area contributed by atoms with Gasteiger partial charge in [-0.3, -0.25) is 0 Å². The Labute approximate surface area is 133 Å². The molecule has 0 saturated carbocycles. The molecule has 0 aliphatic heterocycles. The van der Waals surface area contributed by atoms with E-state index in [-0.39, 0.29) is 0 Å². The highest BCUT2D eigenvalue weighted by Gasteiger charge is 2.09. The molecular weight excluding hydrogens is 282 g/mol. The number of benzene rings is 1. The van der Waals surface area contributed by atoms with Gasteiger partial charge in [0.05, 0.1) is 0 Å². The minimum Gasteiger partial charge on any atom is -0.384 e. The SMILES string of the molecule is CCCCCc1cccc(SC(N)=S)c1CCCCC. The van der Waals surface area contributed by atoms with Crippen LogP contribution in [0.2, 0.25) is 0 Å². The molecule has 3 heteroatoms. The first-order chi connectivity index (χ1) is 9.69. The summed E-state index contributed by atoms with van der Waals surface area (Å²) < 4.78 is 0.521. The van der Waals surface area contributed by atoms with Crippen molar-refractivity contribution in [2.75, 3.05) is 0 Å². The van der Waals surface area contributed by atoms with E-state index in [1.54, 1.807) is 11.8 Å². The van der Waals surface area contributed by atoms with Crippen LogP contribution in [0.1, 0.15) is 63.5 Å². The van der Waals surface area contributed by atoms with E-state index in [4.69, 9.17) is 18.0 Å². The largest absolute Gasteiger partial charge is 0.384 e. The van der Waals surface area contributed by atoms with Crippen molar-refractivity contribution in [2.45, 2.75) is 70.1 Å². The molecule has 1 aromatic rings. The fourth-order valence-corrected chi connectivity index (χ4v) is 3.44. The van der Waals surface area contributed by atoms with Crippen LogP contribution in [0.4, 0.5) is 0 Å². The highest BCUT2D eigenvalue weighted by atomic mass is 32.2. The Hall–Kier alpha value is -0.540. The number of aryl methyl sites for hydroxylation is 1. The minimum atomic E-state index is 0.521. The predicted octanol–water partition coefficient (Wildman–Crippen LogP) is 5.49. The molecule has 2 N–H and O–H groups in total. The molecule has 0 aliphatic rings. The van der Waals surface area contributed by atoms with Gasteiger partial charge in [0, 0.05) is 4.90 Å². The summed E-state index contributed by atoms with van der Waals surface area (Å²) in [5.74, 6) is 0. The Morgan fingerprint density at radius 1 is 1.05 bits per heavy atom. The molecule has 0 bridgehead atoms. The molecule has 0 saturated heterocycles. The zero-order valence-electron chi connectivity index (χ0n) is 12.8. The average Bonchev–Trinajstić information content (AvgIpc) is 2.41. The van der Waals surface area contributed by atoms with Crippen LogP contribution in [0.15, 0.2) is 23.1 Å². The van der Waals surface area contributed by atoms with Gasteiger partial charge >= 0.3 is 0 Å². The number of unbranched alkanes of at least 4 members (excludes halogenated alkanes) is 4. The zero-order chi connectivity index (χ0) is 14.8. The Morgan fingerprint density at radius 3 is 2.30 bits per heavy atom. The van der Waals surface area contributed by atoms with Crippen LogP contribution in [0.25, 0.3) is 0 Å². The highest BCUT2D eigenvalue weighted by molar-refractivity contribution is 8.23. The van der Waals surface area contributed by atoms with Gasteiger partial charge in [-0.1, -0.05) is 75.6 Å². The zero-order valence-corrected chi connectivity index (χ0v) is 14.4. The maximum absolute atomic E-state index is 5.71. The van der Waals surface area contributed by atoms with Crippen LogP contribution in [0.5, 0.6) is 0 Å². The van der Waals surface area contributed by atoms with Gasteiger partial charge in [0.25, 0.3) is 0 Å². The molecule has 1 rings (SSSR count). The van der Waals surface area contributed by atoms with Crippen LogP contribution in [-0.4, -0.2) is 4.32 Å². The Balaban J connectivity index is 2.85. The van der Waals surface area contributed by atoms with Crippen LogP contribution >= 0.6 is 24.0 Å². The van der Waals surface area contributed by atoms with Crippen LogP contribution in [0, 0.1) is 0 Å². The van der Waals surface area contributed by atoms with E-state index in [0.29, 0.717) is 4.32 Å². The van der Waals surface area contributed by atoms with E-state index in [0.717, 1.165) is 6.42 Å². The van der Waals surface area contributed by atoms with Crippen molar-refractivity contribution in [2.24, 2.45) is 5.73 Å². The standard InChI is InChI=1S/C17H27NS2/c1-3-5-7-10-14-11-9-13-16(20-17(18)19)15(14)12-8-6-4-2/h9,11,13H,3-8,10,12H2,1-2H3,(H2,18,19). The third kappa shape index (κ3) is 6.27. The Kier molecular flexibility index (Phi) is 8.95. The normalized spacial score (nSPS) is 10.7. The van der Waals surface area contributed by atoms with Gasteiger partial charge in [-0.25, -0.2) is 0 Å². The lowest BCUT2D eigenvalue weighted by Crippen LogP contribution is -2.04. The van der Waals surface area contributed by atoms with E-state index in [1.807, 2.05) is 0 Å². The van der Waals surface area contributed by atoms with E-state index in [2.05, 4.69) is 32.0 Å². The number of hydrogen-bond acceptors (Lipinski definition) is 2. The lowest BCUT2D eigenvalue weighted by Gasteiger charge is -2.14. The molecule has 0 atom stereocenters. The molecule has 0 radical (unpaired) electrons. The molecule has 20 heavy (non-hydrogen) atoms. The lowest BCUT2D eigenvalue weighted by atomic mass is 9.97. The van der Waals surface area contributed by atoms with Crippen molar-refractivity contribution in [1.29, 1.82) is 0 Å². The lowest BCUT2D eigenvalue weighted by molar-refractivity contribution is 0.688. The fraction of sp³-hybridized carbons (Fsp3) is 0.588. The van der Waals surface area contributed by atoms with Gasteiger partial charge in [-0.2, -0.15) is 0 Å². The van der Waals surface area contributed by atoms with Gasteiger partial charge in [0.15, 0.2) is 0 Å². The summed E-state index contributed by atoms with van der Waals surface area (Å²) in [6.45, 7) is 4.50. The maximum atomic E-state index is 5.71. The number of nitrogens with two attached hydrogens (primary N) is 1. The van der Waals surface area contributed by atoms with Crippen molar-refractivity contribution in [1.82, 2.24) is 0 Å². The van der Waals surface area contributed by atoms with Crippen molar-refractivity contribution < 1.29 is 0 Å². The summed E-state index contributed by atoms with van der Waals surface area (Å²) in [5.41, 5.74) is 8.69. The maximum Gasteiger partial charge on any atom is 0.136 e. The van der Waals surface area contributed by atoms with Crippen molar-refractivity contribution in [3.8, 4) is 0 Å². The topological polar surface area (TPSA) is 26.0 Å². The van der Waals surface area contributed by atoms with Gasteiger partial charge in [0.2, 0.25) is 0 Å². The second-order valence-electron chi connectivity index (χ2n) is 5.23. The minimum absolute atomic E-state index is 0.521. The van der Waals surface area contributed by atoms with Gasteiger partial charge in [-0.05, 0) is 42.9 Å². The summed E-state index contributed by atoms with van der Waals surface area (Å²) >= 11 is 6.61. The molecule has 1 nitrogen and oxygen atoms in total. The van der Waals surface area contributed by atoms with E-state index in [9.17, 15) is 0 Å². The monoisotopic (exact) mass is 309 g/mol. The molecule has 0 unspecified atom stereocenters. The molecule has 0 aliphatic carbocycles. The first kappa shape index (κ1) is 17.5. The van der Waals surface area contributed by atoms with Crippen molar-refractivity contribution in [3.05, 3.63) is 29.3 Å². The van der Waals surface area contributed by atoms with Crippen molar-refractivity contribution >= 4 is 28.3 Å². The summed E-state index contributed by atoms with van der Waals surface area (Å²) in [4.78, 5) is 1.27. The summed E-state index contributed by atoms with van der Waals surface area (Å²) in [6.07, 6.45) is 10.00. The number of thiocarbonyl (C=S) groups is 1. The first-order valence-corrected chi connectivity index (χ1v) is 8.99. The quantitative estimate of drug-likeness (QED) is 0.371. The Morgan fingerprint density at radius 2 is 1.70 bits per heavy atom. The predicted molar refractivity (Wildman–Crippen MR) is 95.5 cm³/mol. The fourth-order valence-electron chi connectivity index (χ4n) is 2.45. The summed E-state index contributed by atoms with van der Waals surface area (Å²) in [5, 5.41) is 0. The average molecular weight is 310 g/mol. The highest BCUT2D eigenvalue weighted by Crippen LogP contribution is 2.28. The third-order valence-corrected chi connectivity index (χ3v) is 4.57. The Bertz CT molecular complexity index is 415. The number of hydrogen-bond donors (Lipinski definition) is 1. The molecule has 1 aromatic carbocycles. The second kappa shape index (κ2) is 10.2. The number of thioether (sulfide) groups is 1. The molecule has 112 valence electrons. The molecule has 0 aromatic heterocycles. The smallest absolute Gasteiger partial charge is 0.136 e. The van der Waals surface area contributed by atoms with E-state index >= 15 is 0 Å². The van der Waals surface area contributed by atoms with E-state index in [1.165, 1.54) is 61.0 Å². The molecule has 0 spiro atoms. The van der Waals surface area contributed by atoms with E-state index < -0.39 is 0 Å². The first-order valence-electron chi connectivity index (χ1n) is 7.77. The number of rotatable bonds is 9. The molecule has 0 amide bonds. The van der Waals surface area contributed by atoms with Crippen molar-refractivity contribution in [3.63, 3.8) is 0 Å². The molecule has 0 fully saturated rings. The van der Waals surface area contributed by atoms with Gasteiger partial charge in [-0.15, -0.1) is 0 Å². The van der Waals surface area contributed by atoms with Gasteiger partial charge < -0.3 is 5.73 Å². The van der Waals surface area contributed by atoms with Gasteiger partial charge in [0.1, 0.15) is 4.32 Å². The summed E-state index contributed by atoms with van der Waals surface area (Å²) in [7, 11) is 0. The van der Waals surface area contributed by atoms with Crippen LogP contribution < -0.4 is 5.73 Å². The third-order valence-electron chi connectivity index (χ3n) is 3.52. The van der Waals surface area contributed by atoms with Crippen LogP contribution in [-0.2, 0) is 12.8 Å². The molecular formula is C17H27NS2. The second-order valence-corrected chi connectivity index (χ2v) is 7.01. The van der Waals surface area contributed by atoms with Crippen LogP contribution in [0.3, 0.4) is 0 Å².